The van der Waals surface area contributed by atoms with Gasteiger partial charge in [-0.2, -0.15) is 0 Å². The highest BCUT2D eigenvalue weighted by molar-refractivity contribution is 6.31. The first kappa shape index (κ1) is 43.6. The summed E-state index contributed by atoms with van der Waals surface area (Å²) in [6.45, 7) is 2.18. The van der Waals surface area contributed by atoms with Crippen molar-refractivity contribution in [2.75, 3.05) is 13.2 Å². The zero-order valence-electron chi connectivity index (χ0n) is 35.1. The minimum Gasteiger partial charge on any atom is -0.449 e. The van der Waals surface area contributed by atoms with Gasteiger partial charge in [-0.1, -0.05) is 171 Å². The minimum atomic E-state index is -1.28. The molecule has 2 aliphatic carbocycles. The molecule has 0 heterocycles. The van der Waals surface area contributed by atoms with E-state index in [2.05, 4.69) is 29.6 Å². The van der Waals surface area contributed by atoms with Crippen LogP contribution in [0.4, 0.5) is 4.79 Å². The Kier molecular flexibility index (Phi) is 14.5. The molecule has 0 radical (unpaired) electrons. The molecule has 0 aromatic heterocycles. The van der Waals surface area contributed by atoms with E-state index in [9.17, 15) is 19.2 Å². The van der Waals surface area contributed by atoms with Gasteiger partial charge in [-0.25, -0.2) is 4.79 Å². The summed E-state index contributed by atoms with van der Waals surface area (Å²) >= 11 is 6.90. The predicted octanol–water partition coefficient (Wildman–Crippen LogP) is 12.2. The molecule has 7 nitrogen and oxygen atoms in total. The maximum Gasteiger partial charge on any atom is 0.407 e. The molecule has 316 valence electrons. The molecular weight excluding hydrogens is 782 g/mol. The van der Waals surface area contributed by atoms with Crippen molar-refractivity contribution in [1.82, 2.24) is 5.32 Å². The van der Waals surface area contributed by atoms with Crippen molar-refractivity contribution in [1.29, 1.82) is 0 Å². The molecule has 1 atom stereocenters. The van der Waals surface area contributed by atoms with Crippen LogP contribution in [0.3, 0.4) is 0 Å². The third kappa shape index (κ3) is 10.5. The Labute approximate surface area is 365 Å². The van der Waals surface area contributed by atoms with Gasteiger partial charge in [0.1, 0.15) is 12.4 Å². The summed E-state index contributed by atoms with van der Waals surface area (Å²) in [7, 11) is 0. The van der Waals surface area contributed by atoms with Gasteiger partial charge in [0.05, 0.1) is 13.0 Å². The number of unbranched alkanes of at least 4 members (excludes halogenated alkanes) is 4. The van der Waals surface area contributed by atoms with Gasteiger partial charge in [-0.3, -0.25) is 14.4 Å². The maximum atomic E-state index is 14.3. The first-order valence-electron chi connectivity index (χ1n) is 21.9. The molecular formula is C53H56ClNO6. The molecule has 1 fully saturated rings. The van der Waals surface area contributed by atoms with E-state index in [0.29, 0.717) is 29.8 Å². The van der Waals surface area contributed by atoms with Crippen molar-refractivity contribution >= 4 is 35.2 Å². The summed E-state index contributed by atoms with van der Waals surface area (Å²) < 4.78 is 12.3. The van der Waals surface area contributed by atoms with Crippen LogP contribution >= 0.6 is 11.6 Å². The van der Waals surface area contributed by atoms with E-state index < -0.39 is 17.1 Å². The highest BCUT2D eigenvalue weighted by atomic mass is 35.5. The third-order valence-electron chi connectivity index (χ3n) is 12.6. The molecule has 2 aliphatic rings. The Hall–Kier alpha value is -5.53. The summed E-state index contributed by atoms with van der Waals surface area (Å²) in [6.07, 6.45) is 8.55. The van der Waals surface area contributed by atoms with Gasteiger partial charge in [0, 0.05) is 46.9 Å². The fourth-order valence-corrected chi connectivity index (χ4v) is 9.77. The number of benzene rings is 5. The van der Waals surface area contributed by atoms with Gasteiger partial charge in [0.15, 0.2) is 11.4 Å². The highest BCUT2D eigenvalue weighted by Gasteiger charge is 2.45. The third-order valence-corrected chi connectivity index (χ3v) is 12.9. The van der Waals surface area contributed by atoms with Crippen molar-refractivity contribution in [2.45, 2.75) is 102 Å². The number of alkyl carbamates (subject to hydrolysis) is 1. The quantitative estimate of drug-likeness (QED) is 0.0476. The van der Waals surface area contributed by atoms with E-state index in [1.807, 2.05) is 110 Å². The molecule has 0 spiro atoms. The number of amides is 1. The second kappa shape index (κ2) is 20.4. The molecule has 1 amide bonds. The standard InChI is InChI=1S/C53H56ClNO6/c1-38-28-30-40(31-29-38)53(39-18-6-5-7-19-39,48-26-14-15-27-49(48)54)61-50(58)35-52(32-16-17-33-52)34-41(56)20-8-3-2-4-9-21-42(57)36-55-51(59)60-37-47-45-24-12-10-22-43(45)44-23-11-13-25-46(44)47/h5-7,10-15,18-19,22-31,47H,2-4,8-9,16-17,20-21,32-37H2,1H3,(H,55,59). The Morgan fingerprint density at radius 3 is 1.87 bits per heavy atom. The van der Waals surface area contributed by atoms with Gasteiger partial charge >= 0.3 is 12.1 Å². The molecule has 1 N–H and O–H groups in total. The first-order chi connectivity index (χ1) is 29.7. The lowest BCUT2D eigenvalue weighted by Gasteiger charge is -2.37. The number of rotatable bonds is 20. The van der Waals surface area contributed by atoms with Crippen LogP contribution in [0.5, 0.6) is 0 Å². The van der Waals surface area contributed by atoms with E-state index in [4.69, 9.17) is 21.1 Å². The molecule has 1 unspecified atom stereocenters. The van der Waals surface area contributed by atoms with Crippen LogP contribution in [0.2, 0.25) is 5.02 Å². The number of halogens is 1. The number of hydrogen-bond donors (Lipinski definition) is 1. The highest BCUT2D eigenvalue weighted by Crippen LogP contribution is 2.48. The molecule has 0 aliphatic heterocycles. The van der Waals surface area contributed by atoms with Crippen LogP contribution in [0, 0.1) is 12.3 Å². The van der Waals surface area contributed by atoms with Crippen LogP contribution in [0.1, 0.15) is 123 Å². The largest absolute Gasteiger partial charge is 0.449 e. The summed E-state index contributed by atoms with van der Waals surface area (Å²) in [6, 6.07) is 41.7. The van der Waals surface area contributed by atoms with Crippen molar-refractivity contribution in [3.8, 4) is 11.1 Å². The van der Waals surface area contributed by atoms with Gasteiger partial charge in [-0.05, 0) is 66.3 Å². The monoisotopic (exact) mass is 837 g/mol. The topological polar surface area (TPSA) is 98.8 Å². The number of carbonyl (C=O) groups excluding carboxylic acids is 4. The number of ether oxygens (including phenoxy) is 2. The van der Waals surface area contributed by atoms with Crippen LogP contribution in [0.25, 0.3) is 11.1 Å². The molecule has 5 aromatic carbocycles. The Morgan fingerprint density at radius 1 is 0.656 bits per heavy atom. The van der Waals surface area contributed by atoms with Crippen LogP contribution in [-0.4, -0.2) is 36.8 Å². The van der Waals surface area contributed by atoms with E-state index >= 15 is 0 Å². The molecule has 0 bridgehead atoms. The number of Topliss-reactive ketones (excluding diaryl/α,β-unsaturated/α-hetero) is 2. The fraction of sp³-hybridized carbons (Fsp3) is 0.358. The van der Waals surface area contributed by atoms with Gasteiger partial charge in [0.25, 0.3) is 0 Å². The smallest absolute Gasteiger partial charge is 0.407 e. The van der Waals surface area contributed by atoms with Crippen molar-refractivity contribution in [2.24, 2.45) is 5.41 Å². The molecule has 5 aromatic rings. The lowest BCUT2D eigenvalue weighted by molar-refractivity contribution is -0.156. The number of ketones is 2. The van der Waals surface area contributed by atoms with Crippen LogP contribution < -0.4 is 5.32 Å². The Morgan fingerprint density at radius 2 is 1.21 bits per heavy atom. The summed E-state index contributed by atoms with van der Waals surface area (Å²) in [4.78, 5) is 52.9. The van der Waals surface area contributed by atoms with Crippen molar-refractivity contribution in [3.05, 3.63) is 166 Å². The van der Waals surface area contributed by atoms with E-state index in [1.54, 1.807) is 0 Å². The molecule has 61 heavy (non-hydrogen) atoms. The Balaban J connectivity index is 0.845. The van der Waals surface area contributed by atoms with E-state index in [1.165, 1.54) is 0 Å². The van der Waals surface area contributed by atoms with E-state index in [-0.39, 0.29) is 43.0 Å². The number of aryl methyl sites for hydroxylation is 1. The summed E-state index contributed by atoms with van der Waals surface area (Å²) in [5, 5.41) is 3.13. The summed E-state index contributed by atoms with van der Waals surface area (Å²) in [5.74, 6) is -0.227. The zero-order chi connectivity index (χ0) is 42.7. The van der Waals surface area contributed by atoms with Gasteiger partial charge in [0.2, 0.25) is 0 Å². The number of hydrogen-bond acceptors (Lipinski definition) is 6. The summed E-state index contributed by atoms with van der Waals surface area (Å²) in [5.41, 5.74) is 6.28. The SMILES string of the molecule is Cc1ccc(C(OC(=O)CC2(CC(=O)CCCCCCCC(=O)CNC(=O)OCC3c4ccccc4-c4ccccc43)CCCC2)(c2ccccc2)c2ccccc2Cl)cc1. The average Bonchev–Trinajstić information content (AvgIpc) is 3.86. The average molecular weight is 838 g/mol. The number of carbonyl (C=O) groups is 4. The lowest BCUT2D eigenvalue weighted by Crippen LogP contribution is -2.37. The Bertz CT molecular complexity index is 2250. The molecule has 1 saturated carbocycles. The lowest BCUT2D eigenvalue weighted by atomic mass is 9.76. The molecule has 0 saturated heterocycles. The van der Waals surface area contributed by atoms with Crippen LogP contribution in [0.15, 0.2) is 127 Å². The number of fused-ring (bicyclic) bond motifs is 3. The number of nitrogens with one attached hydrogen (secondary N) is 1. The predicted molar refractivity (Wildman–Crippen MR) is 241 cm³/mol. The number of esters is 1. The van der Waals surface area contributed by atoms with E-state index in [0.717, 1.165) is 96.7 Å². The fourth-order valence-electron chi connectivity index (χ4n) is 9.50. The second-order valence-corrected chi connectivity index (χ2v) is 17.4. The van der Waals surface area contributed by atoms with Gasteiger partial charge in [-0.15, -0.1) is 0 Å². The maximum absolute atomic E-state index is 14.3. The van der Waals surface area contributed by atoms with Gasteiger partial charge < -0.3 is 14.8 Å². The molecule has 8 heteroatoms. The zero-order valence-corrected chi connectivity index (χ0v) is 35.9. The van der Waals surface area contributed by atoms with Crippen molar-refractivity contribution in [3.63, 3.8) is 0 Å². The van der Waals surface area contributed by atoms with Crippen molar-refractivity contribution < 1.29 is 28.7 Å². The second-order valence-electron chi connectivity index (χ2n) is 17.0. The minimum absolute atomic E-state index is 0.0317. The first-order valence-corrected chi connectivity index (χ1v) is 22.3. The normalized spacial score (nSPS) is 15.0. The van der Waals surface area contributed by atoms with Crippen LogP contribution in [-0.2, 0) is 29.5 Å². The molecule has 7 rings (SSSR count).